The van der Waals surface area contributed by atoms with Crippen molar-refractivity contribution in [2.75, 3.05) is 4.90 Å². The molecule has 5 nitrogen and oxygen atoms in total. The molecule has 0 aromatic carbocycles. The Labute approximate surface area is 129 Å². The van der Waals surface area contributed by atoms with E-state index in [1.165, 1.54) is 24.4 Å². The Morgan fingerprint density at radius 2 is 2.05 bits per heavy atom. The van der Waals surface area contributed by atoms with Crippen molar-refractivity contribution in [2.45, 2.75) is 70.4 Å². The minimum atomic E-state index is -0.725. The largest absolute Gasteiger partial charge is 0.480 e. The summed E-state index contributed by atoms with van der Waals surface area (Å²) < 4.78 is 4.46. The number of aliphatic carboxylic acids is 1. The summed E-state index contributed by atoms with van der Waals surface area (Å²) in [4.78, 5) is 18.4. The Hall–Kier alpha value is -1.17. The van der Waals surface area contributed by atoms with Gasteiger partial charge in [0.15, 0.2) is 0 Å². The molecule has 3 rings (SSSR count). The van der Waals surface area contributed by atoms with Crippen LogP contribution in [0.3, 0.4) is 0 Å². The van der Waals surface area contributed by atoms with Gasteiger partial charge in [-0.1, -0.05) is 33.6 Å². The molecule has 1 aromatic rings. The van der Waals surface area contributed by atoms with Gasteiger partial charge >= 0.3 is 5.97 Å². The molecule has 3 unspecified atom stereocenters. The Bertz CT molecular complexity index is 537. The number of nitrogens with zero attached hydrogens (tertiary/aromatic N) is 3. The van der Waals surface area contributed by atoms with E-state index in [1.54, 1.807) is 0 Å². The molecule has 0 bridgehead atoms. The van der Waals surface area contributed by atoms with Gasteiger partial charge in [0, 0.05) is 23.0 Å². The molecule has 1 saturated heterocycles. The van der Waals surface area contributed by atoms with Crippen molar-refractivity contribution in [3.8, 4) is 0 Å². The van der Waals surface area contributed by atoms with Gasteiger partial charge in [0.2, 0.25) is 5.13 Å². The zero-order valence-corrected chi connectivity index (χ0v) is 13.7. The number of carbonyl (C=O) groups is 1. The van der Waals surface area contributed by atoms with Crippen LogP contribution >= 0.6 is 11.5 Å². The molecule has 1 N–H and O–H groups in total. The summed E-state index contributed by atoms with van der Waals surface area (Å²) in [6.45, 7) is 6.25. The monoisotopic (exact) mass is 309 g/mol. The standard InChI is InChI=1S/C15H23N3O2S/c1-15(2,3)13-16-14(21-17-13)18-10-7-5-4-6-9(10)8-11(18)12(19)20/h9-11H,4-8H2,1-3H3,(H,19,20). The maximum atomic E-state index is 11.6. The molecule has 1 aromatic heterocycles. The van der Waals surface area contributed by atoms with E-state index in [0.29, 0.717) is 12.0 Å². The number of fused-ring (bicyclic) bond motifs is 1. The SMILES string of the molecule is CC(C)(C)c1nsc(N2C(C(=O)O)CC3CCCCC32)n1. The van der Waals surface area contributed by atoms with Crippen LogP contribution in [-0.2, 0) is 10.2 Å². The molecule has 1 aliphatic carbocycles. The normalized spacial score (nSPS) is 29.5. The van der Waals surface area contributed by atoms with Crippen molar-refractivity contribution < 1.29 is 9.90 Å². The van der Waals surface area contributed by atoms with Crippen LogP contribution in [0.5, 0.6) is 0 Å². The lowest BCUT2D eigenvalue weighted by molar-refractivity contribution is -0.138. The van der Waals surface area contributed by atoms with E-state index in [2.05, 4.69) is 35.0 Å². The average Bonchev–Trinajstić information content (AvgIpc) is 3.01. The Morgan fingerprint density at radius 3 is 2.67 bits per heavy atom. The van der Waals surface area contributed by atoms with E-state index >= 15 is 0 Å². The van der Waals surface area contributed by atoms with Crippen LogP contribution in [0.15, 0.2) is 0 Å². The second-order valence-electron chi connectivity index (χ2n) is 7.26. The first-order valence-corrected chi connectivity index (χ1v) is 8.50. The van der Waals surface area contributed by atoms with Crippen LogP contribution in [0.1, 0.15) is 58.7 Å². The first-order valence-electron chi connectivity index (χ1n) is 7.73. The molecule has 2 fully saturated rings. The third kappa shape index (κ3) is 2.65. The lowest BCUT2D eigenvalue weighted by Gasteiger charge is -2.32. The molecule has 1 saturated carbocycles. The molecule has 3 atom stereocenters. The lowest BCUT2D eigenvalue weighted by Crippen LogP contribution is -2.42. The third-order valence-electron chi connectivity index (χ3n) is 4.68. The van der Waals surface area contributed by atoms with Crippen LogP contribution in [0.4, 0.5) is 5.13 Å². The van der Waals surface area contributed by atoms with Gasteiger partial charge in [-0.05, 0) is 25.2 Å². The van der Waals surface area contributed by atoms with Crippen LogP contribution in [0.25, 0.3) is 0 Å². The van der Waals surface area contributed by atoms with Crippen molar-refractivity contribution in [1.82, 2.24) is 9.36 Å². The highest BCUT2D eigenvalue weighted by molar-refractivity contribution is 7.09. The van der Waals surface area contributed by atoms with Crippen molar-refractivity contribution >= 4 is 22.6 Å². The number of carboxylic acid groups (broad SMARTS) is 1. The van der Waals surface area contributed by atoms with E-state index in [0.717, 1.165) is 30.2 Å². The zero-order valence-electron chi connectivity index (χ0n) is 12.9. The fourth-order valence-corrected chi connectivity index (χ4v) is 4.55. The second kappa shape index (κ2) is 5.23. The highest BCUT2D eigenvalue weighted by Gasteiger charge is 2.46. The van der Waals surface area contributed by atoms with E-state index in [4.69, 9.17) is 0 Å². The number of aromatic nitrogens is 2. The van der Waals surface area contributed by atoms with Gasteiger partial charge in [0.1, 0.15) is 11.9 Å². The number of hydrogen-bond donors (Lipinski definition) is 1. The lowest BCUT2D eigenvalue weighted by atomic mass is 9.85. The summed E-state index contributed by atoms with van der Waals surface area (Å²) in [5, 5.41) is 10.4. The average molecular weight is 309 g/mol. The maximum absolute atomic E-state index is 11.6. The van der Waals surface area contributed by atoms with Gasteiger partial charge in [0.25, 0.3) is 0 Å². The summed E-state index contributed by atoms with van der Waals surface area (Å²) in [5.41, 5.74) is -0.0981. The number of carboxylic acids is 1. The van der Waals surface area contributed by atoms with Gasteiger partial charge < -0.3 is 10.0 Å². The van der Waals surface area contributed by atoms with Crippen molar-refractivity contribution in [1.29, 1.82) is 0 Å². The van der Waals surface area contributed by atoms with Crippen molar-refractivity contribution in [3.63, 3.8) is 0 Å². The van der Waals surface area contributed by atoms with Crippen LogP contribution in [0, 0.1) is 5.92 Å². The van der Waals surface area contributed by atoms with Crippen LogP contribution in [-0.4, -0.2) is 32.5 Å². The second-order valence-corrected chi connectivity index (χ2v) is 7.99. The van der Waals surface area contributed by atoms with Gasteiger partial charge in [0.05, 0.1) is 0 Å². The third-order valence-corrected chi connectivity index (χ3v) is 5.41. The van der Waals surface area contributed by atoms with Crippen LogP contribution in [0.2, 0.25) is 0 Å². The first kappa shape index (κ1) is 14.8. The fraction of sp³-hybridized carbons (Fsp3) is 0.800. The molecular formula is C15H23N3O2S. The van der Waals surface area contributed by atoms with Crippen LogP contribution < -0.4 is 4.90 Å². The molecule has 2 aliphatic rings. The molecule has 0 amide bonds. The molecule has 0 spiro atoms. The molecule has 1 aliphatic heterocycles. The number of anilines is 1. The minimum Gasteiger partial charge on any atom is -0.480 e. The molecule has 6 heteroatoms. The zero-order chi connectivity index (χ0) is 15.2. The number of rotatable bonds is 2. The van der Waals surface area contributed by atoms with Gasteiger partial charge in [-0.3, -0.25) is 0 Å². The first-order chi connectivity index (χ1) is 9.88. The smallest absolute Gasteiger partial charge is 0.326 e. The maximum Gasteiger partial charge on any atom is 0.326 e. The Morgan fingerprint density at radius 1 is 1.33 bits per heavy atom. The molecular weight excluding hydrogens is 286 g/mol. The summed E-state index contributed by atoms with van der Waals surface area (Å²) in [7, 11) is 0. The Balaban J connectivity index is 1.93. The van der Waals surface area contributed by atoms with Gasteiger partial charge in [-0.2, -0.15) is 4.37 Å². The Kier molecular flexibility index (Phi) is 3.67. The van der Waals surface area contributed by atoms with Gasteiger partial charge in [-0.15, -0.1) is 0 Å². The summed E-state index contributed by atoms with van der Waals surface area (Å²) in [6.07, 6.45) is 5.40. The van der Waals surface area contributed by atoms with E-state index in [9.17, 15) is 9.90 Å². The highest BCUT2D eigenvalue weighted by Crippen LogP contribution is 2.43. The van der Waals surface area contributed by atoms with Crippen molar-refractivity contribution in [2.24, 2.45) is 5.92 Å². The fourth-order valence-electron chi connectivity index (χ4n) is 3.58. The molecule has 2 heterocycles. The predicted octanol–water partition coefficient (Wildman–Crippen LogP) is 3.06. The van der Waals surface area contributed by atoms with E-state index < -0.39 is 12.0 Å². The summed E-state index contributed by atoms with van der Waals surface area (Å²) in [6, 6.07) is -0.0977. The van der Waals surface area contributed by atoms with E-state index in [1.807, 2.05) is 0 Å². The topological polar surface area (TPSA) is 66.3 Å². The molecule has 21 heavy (non-hydrogen) atoms. The van der Waals surface area contributed by atoms with E-state index in [-0.39, 0.29) is 5.41 Å². The summed E-state index contributed by atoms with van der Waals surface area (Å²) in [5.74, 6) is 0.588. The summed E-state index contributed by atoms with van der Waals surface area (Å²) >= 11 is 1.35. The van der Waals surface area contributed by atoms with Crippen molar-refractivity contribution in [3.05, 3.63) is 5.82 Å². The molecule has 116 valence electrons. The number of hydrogen-bond acceptors (Lipinski definition) is 5. The molecule has 0 radical (unpaired) electrons. The predicted molar refractivity (Wildman–Crippen MR) is 82.9 cm³/mol. The van der Waals surface area contributed by atoms with Gasteiger partial charge in [-0.25, -0.2) is 9.78 Å². The minimum absolute atomic E-state index is 0.0981. The quantitative estimate of drug-likeness (QED) is 0.909. The highest BCUT2D eigenvalue weighted by atomic mass is 32.1.